The second-order valence-corrected chi connectivity index (χ2v) is 4.62. The molecule has 3 rings (SSSR count). The van der Waals surface area contributed by atoms with Crippen molar-refractivity contribution in [3.05, 3.63) is 41.7 Å². The van der Waals surface area contributed by atoms with Gasteiger partial charge in [-0.3, -0.25) is 0 Å². The molecular formula is C15H14N4O3. The molecule has 0 saturated heterocycles. The molecule has 0 radical (unpaired) electrons. The summed E-state index contributed by atoms with van der Waals surface area (Å²) in [5.74, 6) is 1.26. The highest BCUT2D eigenvalue weighted by Crippen LogP contribution is 2.20. The van der Waals surface area contributed by atoms with E-state index in [-0.39, 0.29) is 0 Å². The number of ether oxygens (including phenoxy) is 2. The van der Waals surface area contributed by atoms with Gasteiger partial charge in [-0.15, -0.1) is 5.10 Å². The number of methoxy groups -OCH3 is 2. The summed E-state index contributed by atoms with van der Waals surface area (Å²) in [4.78, 5) is 20.2. The number of carbonyl (C=O) groups excluding carboxylic acids is 1. The van der Waals surface area contributed by atoms with E-state index in [1.807, 2.05) is 24.3 Å². The number of rotatable bonds is 3. The predicted molar refractivity (Wildman–Crippen MR) is 78.8 cm³/mol. The van der Waals surface area contributed by atoms with Gasteiger partial charge in [0.15, 0.2) is 5.82 Å². The molecule has 0 aliphatic carbocycles. The fraction of sp³-hybridized carbons (Fsp3) is 0.200. The second-order valence-electron chi connectivity index (χ2n) is 4.62. The van der Waals surface area contributed by atoms with Crippen molar-refractivity contribution in [1.29, 1.82) is 0 Å². The first-order valence-corrected chi connectivity index (χ1v) is 6.59. The van der Waals surface area contributed by atoms with Crippen LogP contribution in [0.1, 0.15) is 16.1 Å². The number of carbonyl (C=O) groups is 1. The van der Waals surface area contributed by atoms with Crippen LogP contribution in [0, 0.1) is 6.92 Å². The third-order valence-corrected chi connectivity index (χ3v) is 3.36. The molecule has 112 valence electrons. The van der Waals surface area contributed by atoms with Crippen molar-refractivity contribution >= 4 is 11.7 Å². The van der Waals surface area contributed by atoms with Gasteiger partial charge in [-0.25, -0.2) is 14.3 Å². The Morgan fingerprint density at radius 1 is 1.18 bits per heavy atom. The number of aromatic nitrogens is 4. The molecule has 0 fully saturated rings. The lowest BCUT2D eigenvalue weighted by Gasteiger charge is -2.03. The summed E-state index contributed by atoms with van der Waals surface area (Å²) in [5, 5.41) is 4.41. The van der Waals surface area contributed by atoms with Crippen molar-refractivity contribution in [2.75, 3.05) is 14.2 Å². The molecule has 0 aliphatic heterocycles. The number of benzene rings is 1. The van der Waals surface area contributed by atoms with E-state index < -0.39 is 5.97 Å². The van der Waals surface area contributed by atoms with E-state index in [1.54, 1.807) is 14.0 Å². The van der Waals surface area contributed by atoms with Crippen LogP contribution in [0.3, 0.4) is 0 Å². The molecule has 2 aromatic heterocycles. The molecule has 0 aliphatic rings. The van der Waals surface area contributed by atoms with Gasteiger partial charge in [-0.05, 0) is 31.2 Å². The fourth-order valence-electron chi connectivity index (χ4n) is 2.11. The van der Waals surface area contributed by atoms with Crippen LogP contribution in [0.25, 0.3) is 17.2 Å². The topological polar surface area (TPSA) is 78.6 Å². The van der Waals surface area contributed by atoms with Crippen molar-refractivity contribution in [3.63, 3.8) is 0 Å². The minimum atomic E-state index is -0.451. The standard InChI is InChI=1S/C15H14N4O3/c1-9-12(14(20)22-3)8-16-15-17-13(18-19(9)15)10-4-6-11(21-2)7-5-10/h4-8H,1-3H3. The summed E-state index contributed by atoms with van der Waals surface area (Å²) in [6.07, 6.45) is 1.45. The maximum atomic E-state index is 11.7. The largest absolute Gasteiger partial charge is 0.497 e. The molecule has 22 heavy (non-hydrogen) atoms. The van der Waals surface area contributed by atoms with Crippen LogP contribution in [0.2, 0.25) is 0 Å². The van der Waals surface area contributed by atoms with Crippen molar-refractivity contribution in [1.82, 2.24) is 19.6 Å². The molecular weight excluding hydrogens is 284 g/mol. The lowest BCUT2D eigenvalue weighted by Crippen LogP contribution is -2.09. The van der Waals surface area contributed by atoms with E-state index in [2.05, 4.69) is 15.1 Å². The van der Waals surface area contributed by atoms with Gasteiger partial charge in [-0.2, -0.15) is 4.98 Å². The molecule has 0 atom stereocenters. The van der Waals surface area contributed by atoms with Gasteiger partial charge >= 0.3 is 5.97 Å². The van der Waals surface area contributed by atoms with E-state index in [0.29, 0.717) is 22.9 Å². The monoisotopic (exact) mass is 298 g/mol. The lowest BCUT2D eigenvalue weighted by molar-refractivity contribution is 0.0598. The van der Waals surface area contributed by atoms with Crippen molar-refractivity contribution in [2.45, 2.75) is 6.92 Å². The molecule has 2 heterocycles. The number of hydrogen-bond donors (Lipinski definition) is 0. The Bertz CT molecular complexity index is 840. The summed E-state index contributed by atoms with van der Waals surface area (Å²) in [6, 6.07) is 7.40. The highest BCUT2D eigenvalue weighted by atomic mass is 16.5. The average Bonchev–Trinajstić information content (AvgIpc) is 3.00. The summed E-state index contributed by atoms with van der Waals surface area (Å²) in [7, 11) is 2.94. The Morgan fingerprint density at radius 3 is 2.55 bits per heavy atom. The first-order valence-electron chi connectivity index (χ1n) is 6.59. The summed E-state index contributed by atoms with van der Waals surface area (Å²) >= 11 is 0. The van der Waals surface area contributed by atoms with E-state index in [0.717, 1.165) is 11.3 Å². The van der Waals surface area contributed by atoms with Gasteiger partial charge < -0.3 is 9.47 Å². The zero-order valence-corrected chi connectivity index (χ0v) is 12.4. The second kappa shape index (κ2) is 5.44. The first kappa shape index (κ1) is 14.0. The summed E-state index contributed by atoms with van der Waals surface area (Å²) in [5.41, 5.74) is 1.83. The zero-order chi connectivity index (χ0) is 15.7. The molecule has 0 amide bonds. The molecule has 7 heteroatoms. The highest BCUT2D eigenvalue weighted by Gasteiger charge is 2.16. The van der Waals surface area contributed by atoms with Crippen LogP contribution in [0.5, 0.6) is 5.75 Å². The molecule has 3 aromatic rings. The van der Waals surface area contributed by atoms with Gasteiger partial charge in [0.1, 0.15) is 5.75 Å². The molecule has 0 saturated carbocycles. The van der Waals surface area contributed by atoms with E-state index >= 15 is 0 Å². The predicted octanol–water partition coefficient (Wildman–Crippen LogP) is 1.89. The van der Waals surface area contributed by atoms with Gasteiger partial charge in [0.25, 0.3) is 5.78 Å². The first-order chi connectivity index (χ1) is 10.6. The third kappa shape index (κ3) is 2.26. The van der Waals surface area contributed by atoms with Gasteiger partial charge in [-0.1, -0.05) is 0 Å². The average molecular weight is 298 g/mol. The number of esters is 1. The smallest absolute Gasteiger partial charge is 0.341 e. The van der Waals surface area contributed by atoms with Crippen LogP contribution in [-0.4, -0.2) is 39.8 Å². The normalized spacial score (nSPS) is 10.7. The Balaban J connectivity index is 2.09. The lowest BCUT2D eigenvalue weighted by atomic mass is 10.2. The summed E-state index contributed by atoms with van der Waals surface area (Å²) in [6.45, 7) is 1.77. The van der Waals surface area contributed by atoms with Gasteiger partial charge in [0, 0.05) is 11.8 Å². The SMILES string of the molecule is COC(=O)c1cnc2nc(-c3ccc(OC)cc3)nn2c1C. The number of aryl methyl sites for hydroxylation is 1. The van der Waals surface area contributed by atoms with Crippen LogP contribution in [0.4, 0.5) is 0 Å². The maximum Gasteiger partial charge on any atom is 0.341 e. The number of fused-ring (bicyclic) bond motifs is 1. The Morgan fingerprint density at radius 2 is 1.91 bits per heavy atom. The number of nitrogens with zero attached hydrogens (tertiary/aromatic N) is 4. The molecule has 7 nitrogen and oxygen atoms in total. The van der Waals surface area contributed by atoms with Gasteiger partial charge in [0.2, 0.25) is 0 Å². The third-order valence-electron chi connectivity index (χ3n) is 3.36. The maximum absolute atomic E-state index is 11.7. The molecule has 0 unspecified atom stereocenters. The molecule has 0 spiro atoms. The molecule has 0 N–H and O–H groups in total. The number of hydrogen-bond acceptors (Lipinski definition) is 6. The minimum Gasteiger partial charge on any atom is -0.497 e. The Hall–Kier alpha value is -2.96. The van der Waals surface area contributed by atoms with Crippen LogP contribution in [0.15, 0.2) is 30.5 Å². The summed E-state index contributed by atoms with van der Waals surface area (Å²) < 4.78 is 11.4. The molecule has 0 bridgehead atoms. The van der Waals surface area contributed by atoms with Crippen LogP contribution < -0.4 is 4.74 Å². The van der Waals surface area contributed by atoms with E-state index in [1.165, 1.54) is 17.8 Å². The Labute approximate surface area is 126 Å². The molecule has 1 aromatic carbocycles. The Kier molecular flexibility index (Phi) is 3.46. The van der Waals surface area contributed by atoms with E-state index in [9.17, 15) is 4.79 Å². The zero-order valence-electron chi connectivity index (χ0n) is 12.4. The van der Waals surface area contributed by atoms with Gasteiger partial charge in [0.05, 0.1) is 25.5 Å². The minimum absolute atomic E-state index is 0.362. The van der Waals surface area contributed by atoms with E-state index in [4.69, 9.17) is 9.47 Å². The quantitative estimate of drug-likeness (QED) is 0.687. The highest BCUT2D eigenvalue weighted by molar-refractivity contribution is 5.90. The van der Waals surface area contributed by atoms with Crippen LogP contribution in [-0.2, 0) is 4.74 Å². The van der Waals surface area contributed by atoms with Crippen molar-refractivity contribution in [2.24, 2.45) is 0 Å². The van der Waals surface area contributed by atoms with Crippen molar-refractivity contribution < 1.29 is 14.3 Å². The van der Waals surface area contributed by atoms with Crippen LogP contribution >= 0.6 is 0 Å². The van der Waals surface area contributed by atoms with Crippen molar-refractivity contribution in [3.8, 4) is 17.1 Å². The fourth-order valence-corrected chi connectivity index (χ4v) is 2.11.